The Morgan fingerprint density at radius 3 is 2.52 bits per heavy atom. The molecule has 0 radical (unpaired) electrons. The second-order valence-electron chi connectivity index (χ2n) is 5.34. The van der Waals surface area contributed by atoms with Crippen LogP contribution < -0.4 is 11.3 Å². The van der Waals surface area contributed by atoms with Gasteiger partial charge in [-0.3, -0.25) is 10.2 Å². The van der Waals surface area contributed by atoms with Crippen LogP contribution in [-0.2, 0) is 11.2 Å². The molecule has 3 rings (SSSR count). The van der Waals surface area contributed by atoms with E-state index in [1.807, 2.05) is 37.3 Å². The van der Waals surface area contributed by atoms with Crippen LogP contribution in [0.4, 0.5) is 0 Å². The lowest BCUT2D eigenvalue weighted by atomic mass is 10.0. The van der Waals surface area contributed by atoms with Crippen molar-refractivity contribution in [2.24, 2.45) is 5.84 Å². The van der Waals surface area contributed by atoms with E-state index in [2.05, 4.69) is 15.6 Å². The summed E-state index contributed by atoms with van der Waals surface area (Å²) in [5, 5.41) is 19.3. The standard InChI is InChI=1S/C16H17N5O2/c1-10-8-11(6-7-15(22)18-17)16(23)14(9-10)21-19-12-4-2-3-5-13(12)20-21/h2-5,8-9,23H,6-7,17H2,1H3,(H,18,22). The Labute approximate surface area is 132 Å². The fraction of sp³-hybridized carbons (Fsp3) is 0.188. The first-order valence-corrected chi connectivity index (χ1v) is 7.23. The number of aromatic hydroxyl groups is 1. The molecule has 0 unspecified atom stereocenters. The third-order valence-corrected chi connectivity index (χ3v) is 3.60. The lowest BCUT2D eigenvalue weighted by Gasteiger charge is -2.10. The van der Waals surface area contributed by atoms with E-state index in [9.17, 15) is 9.90 Å². The first kappa shape index (κ1) is 15.0. The number of nitrogens with zero attached hydrogens (tertiary/aromatic N) is 3. The molecule has 0 spiro atoms. The zero-order chi connectivity index (χ0) is 16.4. The van der Waals surface area contributed by atoms with Crippen LogP contribution >= 0.6 is 0 Å². The topological polar surface area (TPSA) is 106 Å². The van der Waals surface area contributed by atoms with Crippen LogP contribution in [-0.4, -0.2) is 26.0 Å². The number of rotatable bonds is 4. The number of phenols is 1. The number of aromatic nitrogens is 3. The number of phenolic OH excluding ortho intramolecular Hbond substituents is 1. The first-order chi connectivity index (χ1) is 11.1. The minimum atomic E-state index is -0.282. The highest BCUT2D eigenvalue weighted by Gasteiger charge is 2.14. The third kappa shape index (κ3) is 3.00. The van der Waals surface area contributed by atoms with Crippen molar-refractivity contribution in [1.82, 2.24) is 20.4 Å². The normalized spacial score (nSPS) is 10.9. The van der Waals surface area contributed by atoms with Gasteiger partial charge in [0.25, 0.3) is 0 Å². The highest BCUT2D eigenvalue weighted by Crippen LogP contribution is 2.28. The van der Waals surface area contributed by atoms with E-state index in [1.165, 1.54) is 4.80 Å². The second kappa shape index (κ2) is 6.05. The molecule has 3 aromatic rings. The van der Waals surface area contributed by atoms with Gasteiger partial charge in [0, 0.05) is 6.42 Å². The van der Waals surface area contributed by atoms with Gasteiger partial charge in [0.05, 0.1) is 0 Å². The fourth-order valence-electron chi connectivity index (χ4n) is 2.46. The van der Waals surface area contributed by atoms with Gasteiger partial charge in [-0.2, -0.15) is 0 Å². The van der Waals surface area contributed by atoms with E-state index >= 15 is 0 Å². The van der Waals surface area contributed by atoms with Crippen LogP contribution in [0.15, 0.2) is 36.4 Å². The predicted octanol–water partition coefficient (Wildman–Crippen LogP) is 1.36. The monoisotopic (exact) mass is 311 g/mol. The van der Waals surface area contributed by atoms with E-state index in [0.717, 1.165) is 16.6 Å². The number of benzene rings is 2. The molecule has 1 amide bonds. The van der Waals surface area contributed by atoms with Crippen LogP contribution in [0.5, 0.6) is 5.75 Å². The van der Waals surface area contributed by atoms with Crippen LogP contribution in [0.1, 0.15) is 17.5 Å². The minimum Gasteiger partial charge on any atom is -0.505 e. The number of hydrogen-bond acceptors (Lipinski definition) is 5. The molecule has 7 nitrogen and oxygen atoms in total. The Morgan fingerprint density at radius 1 is 1.26 bits per heavy atom. The number of aryl methyl sites for hydroxylation is 2. The largest absolute Gasteiger partial charge is 0.505 e. The molecule has 0 fully saturated rings. The quantitative estimate of drug-likeness (QED) is 0.383. The van der Waals surface area contributed by atoms with E-state index < -0.39 is 0 Å². The van der Waals surface area contributed by atoms with Gasteiger partial charge in [-0.1, -0.05) is 18.2 Å². The molecule has 0 saturated carbocycles. The van der Waals surface area contributed by atoms with E-state index in [0.29, 0.717) is 17.7 Å². The van der Waals surface area contributed by atoms with Gasteiger partial charge in [0.1, 0.15) is 22.5 Å². The number of hydrazine groups is 1. The fourth-order valence-corrected chi connectivity index (χ4v) is 2.46. The highest BCUT2D eigenvalue weighted by molar-refractivity contribution is 5.76. The van der Waals surface area contributed by atoms with Crippen molar-refractivity contribution in [3.05, 3.63) is 47.5 Å². The van der Waals surface area contributed by atoms with Gasteiger partial charge < -0.3 is 5.11 Å². The molecule has 0 aliphatic rings. The van der Waals surface area contributed by atoms with Gasteiger partial charge in [0.15, 0.2) is 0 Å². The molecule has 118 valence electrons. The molecule has 0 saturated heterocycles. The zero-order valence-electron chi connectivity index (χ0n) is 12.7. The van der Waals surface area contributed by atoms with Crippen LogP contribution in [0.3, 0.4) is 0 Å². The average molecular weight is 311 g/mol. The molecule has 0 aliphatic heterocycles. The van der Waals surface area contributed by atoms with Gasteiger partial charge >= 0.3 is 0 Å². The third-order valence-electron chi connectivity index (χ3n) is 3.60. The summed E-state index contributed by atoms with van der Waals surface area (Å²) in [6.45, 7) is 1.92. The Kier molecular flexibility index (Phi) is 3.94. The molecule has 7 heteroatoms. The number of amides is 1. The van der Waals surface area contributed by atoms with Crippen molar-refractivity contribution in [3.8, 4) is 11.4 Å². The summed E-state index contributed by atoms with van der Waals surface area (Å²) in [7, 11) is 0. The molecular weight excluding hydrogens is 294 g/mol. The van der Waals surface area contributed by atoms with Gasteiger partial charge in [-0.05, 0) is 42.7 Å². The molecule has 1 heterocycles. The number of carbonyl (C=O) groups excluding carboxylic acids is 1. The van der Waals surface area contributed by atoms with Crippen molar-refractivity contribution in [2.45, 2.75) is 19.8 Å². The number of nitrogens with two attached hydrogens (primary N) is 1. The summed E-state index contributed by atoms with van der Waals surface area (Å²) in [5.41, 5.74) is 5.67. The number of fused-ring (bicyclic) bond motifs is 1. The van der Waals surface area contributed by atoms with Crippen molar-refractivity contribution in [3.63, 3.8) is 0 Å². The Balaban J connectivity index is 2.01. The van der Waals surface area contributed by atoms with Gasteiger partial charge in [0.2, 0.25) is 5.91 Å². The van der Waals surface area contributed by atoms with Crippen LogP contribution in [0, 0.1) is 6.92 Å². The van der Waals surface area contributed by atoms with Crippen molar-refractivity contribution in [2.75, 3.05) is 0 Å². The van der Waals surface area contributed by atoms with Gasteiger partial charge in [-0.15, -0.1) is 15.0 Å². The molecule has 2 aromatic carbocycles. The smallest absolute Gasteiger partial charge is 0.234 e. The second-order valence-corrected chi connectivity index (χ2v) is 5.34. The zero-order valence-corrected chi connectivity index (χ0v) is 12.7. The van der Waals surface area contributed by atoms with E-state index in [-0.39, 0.29) is 18.1 Å². The van der Waals surface area contributed by atoms with Crippen LogP contribution in [0.2, 0.25) is 0 Å². The maximum Gasteiger partial charge on any atom is 0.234 e. The molecule has 4 N–H and O–H groups in total. The molecule has 0 aliphatic carbocycles. The summed E-state index contributed by atoms with van der Waals surface area (Å²) >= 11 is 0. The average Bonchev–Trinajstić information content (AvgIpc) is 2.98. The Bertz CT molecular complexity index is 839. The minimum absolute atomic E-state index is 0.0701. The molecule has 23 heavy (non-hydrogen) atoms. The van der Waals surface area contributed by atoms with Crippen molar-refractivity contribution in [1.29, 1.82) is 0 Å². The van der Waals surface area contributed by atoms with E-state index in [4.69, 9.17) is 5.84 Å². The Morgan fingerprint density at radius 2 is 1.91 bits per heavy atom. The maximum atomic E-state index is 11.3. The molecular formula is C16H17N5O2. The maximum absolute atomic E-state index is 11.3. The lowest BCUT2D eigenvalue weighted by molar-refractivity contribution is -0.121. The highest BCUT2D eigenvalue weighted by atomic mass is 16.3. The number of nitrogens with one attached hydrogen (secondary N) is 1. The van der Waals surface area contributed by atoms with Gasteiger partial charge in [-0.25, -0.2) is 5.84 Å². The van der Waals surface area contributed by atoms with Crippen molar-refractivity contribution >= 4 is 16.9 Å². The van der Waals surface area contributed by atoms with Crippen LogP contribution in [0.25, 0.3) is 16.7 Å². The number of carbonyl (C=O) groups is 1. The summed E-state index contributed by atoms with van der Waals surface area (Å²) in [6, 6.07) is 11.1. The predicted molar refractivity (Wildman–Crippen MR) is 85.9 cm³/mol. The first-order valence-electron chi connectivity index (χ1n) is 7.23. The van der Waals surface area contributed by atoms with Crippen molar-refractivity contribution < 1.29 is 9.90 Å². The Hall–Kier alpha value is -2.93. The molecule has 1 aromatic heterocycles. The molecule has 0 atom stereocenters. The lowest BCUT2D eigenvalue weighted by Crippen LogP contribution is -2.30. The summed E-state index contributed by atoms with van der Waals surface area (Å²) in [6.07, 6.45) is 0.575. The SMILES string of the molecule is Cc1cc(CCC(=O)NN)c(O)c(-n2nc3ccccc3n2)c1. The summed E-state index contributed by atoms with van der Waals surface area (Å²) < 4.78 is 0. The molecule has 0 bridgehead atoms. The van der Waals surface area contributed by atoms with E-state index in [1.54, 1.807) is 6.07 Å². The summed E-state index contributed by atoms with van der Waals surface area (Å²) in [5.74, 6) is 4.87. The summed E-state index contributed by atoms with van der Waals surface area (Å²) in [4.78, 5) is 12.7. The number of hydrogen-bond donors (Lipinski definition) is 3.